The van der Waals surface area contributed by atoms with Crippen LogP contribution in [-0.4, -0.2) is 275 Å². The van der Waals surface area contributed by atoms with Gasteiger partial charge in [0.1, 0.15) is 8.47 Å². The smallest absolute Gasteiger partial charge is 0.215 e. The van der Waals surface area contributed by atoms with Crippen LogP contribution < -0.4 is 28.3 Å². The normalized spacial score (nSPS) is 26.6. The first-order valence-corrected chi connectivity index (χ1v) is 40.1. The van der Waals surface area contributed by atoms with Crippen LogP contribution in [0.1, 0.15) is 178 Å². The van der Waals surface area contributed by atoms with Gasteiger partial charge in [0.05, 0.1) is 67.1 Å². The summed E-state index contributed by atoms with van der Waals surface area (Å²) in [4.78, 5) is 2.66. The van der Waals surface area contributed by atoms with Gasteiger partial charge < -0.3 is 59.3 Å². The lowest BCUT2D eigenvalue weighted by atomic mass is 10.1. The summed E-state index contributed by atoms with van der Waals surface area (Å²) in [6.07, 6.45) is -25.2. The number of hydrogen-bond donors (Lipinski definition) is 12. The highest BCUT2D eigenvalue weighted by molar-refractivity contribution is 7.90. The van der Waals surface area contributed by atoms with Crippen molar-refractivity contribution in [3.05, 3.63) is 213 Å². The van der Waals surface area contributed by atoms with Gasteiger partial charge in [0.15, 0.2) is 8.47 Å². The van der Waals surface area contributed by atoms with Crippen molar-refractivity contribution in [1.29, 1.82) is 0 Å². The van der Waals surface area contributed by atoms with E-state index in [1.807, 2.05) is 0 Å². The van der Waals surface area contributed by atoms with Gasteiger partial charge in [0.2, 0.25) is 60.1 Å². The number of benzene rings is 6. The topological polar surface area (TPSA) is 391 Å². The standard InChI is InChI=1S/6C14H21N3O2S/c6*1-15-20(18,19)10-11-4-5-14-13(8-11)12(9-16-14)6-7-17(2)3/h6*4-5,8-9,15-16H,6-7,10H2,1-3H3/i2D3,3D3,4D,5D,6D2,7D2,8D,9D,10D2;1D3,2D3,3D3,4D,5D,6D2,8D,9D,10D2;2D3,4D,5D,6D2,7D2,8D,9D,10D2;1D3,2D3,4D,5D,6D2,8D,9D,10D2;4D,5D,6D2,7D2,8D,9D,10D2;1D3,4D,5D,6D2,8D,9D,10D2/hD12. The van der Waals surface area contributed by atoms with Crippen molar-refractivity contribution in [1.82, 2.24) is 87.6 Å². The van der Waals surface area contributed by atoms with Crippen LogP contribution >= 0.6 is 0 Å². The fourth-order valence-corrected chi connectivity index (χ4v) is 10.5. The molecule has 0 amide bonds. The molecule has 0 saturated heterocycles. The van der Waals surface area contributed by atoms with Crippen LogP contribution in [-0.2, 0) is 133 Å². The molecule has 0 aliphatic heterocycles. The lowest BCUT2D eigenvalue weighted by Gasteiger charge is -2.08. The summed E-state index contributed by atoms with van der Waals surface area (Å²) in [7, 11) is -23.9. The molecule has 0 bridgehead atoms. The van der Waals surface area contributed by atoms with Crippen LogP contribution in [0.3, 0.4) is 0 Å². The van der Waals surface area contributed by atoms with Crippen LogP contribution in [0.4, 0.5) is 0 Å². The molecule has 0 radical (unpaired) electrons. The van der Waals surface area contributed by atoms with E-state index in [9.17, 15) is 50.5 Å². The third-order valence-corrected chi connectivity index (χ3v) is 17.9. The Morgan fingerprint density at radius 2 is 0.500 bits per heavy atom. The van der Waals surface area contributed by atoms with Gasteiger partial charge in [-0.05, 0) is 304 Å². The van der Waals surface area contributed by atoms with E-state index in [4.69, 9.17) is 128 Å². The van der Waals surface area contributed by atoms with E-state index >= 15 is 0 Å². The first-order valence-electron chi connectivity index (χ1n) is 77.3. The highest BCUT2D eigenvalue weighted by Crippen LogP contribution is 2.28. The number of H-pyrrole nitrogens is 6. The number of rotatable bonds is 36. The number of hydrogen-bond acceptors (Lipinski definition) is 18. The van der Waals surface area contributed by atoms with Gasteiger partial charge in [-0.15, -0.1) is 0 Å². The van der Waals surface area contributed by atoms with Crippen LogP contribution in [0.2, 0.25) is 16.9 Å². The van der Waals surface area contributed by atoms with E-state index in [1.165, 1.54) is 33.1 Å². The molecule has 0 atom stereocenters. The summed E-state index contributed by atoms with van der Waals surface area (Å²) in [5, 5.41) is -5.17. The third-order valence-electron chi connectivity index (χ3n) is 12.9. The molecular weight excluding hydrogens is 1650 g/mol. The minimum absolute atomic E-state index is 0.0313. The van der Waals surface area contributed by atoms with Crippen LogP contribution in [0.15, 0.2) is 146 Å². The van der Waals surface area contributed by atoms with Gasteiger partial charge in [-0.1, -0.05) is 36.3 Å². The zero-order valence-electron chi connectivity index (χ0n) is 156. The van der Waals surface area contributed by atoms with Gasteiger partial charge in [-0.3, -0.25) is 0 Å². The summed E-state index contributed by atoms with van der Waals surface area (Å²) in [6, 6.07) is -21.2. The largest absolute Gasteiger partial charge is 0.361 e. The molecule has 6 aromatic heterocycles. The second kappa shape index (κ2) is 45.2. The average molecular weight is 1870 g/mol. The van der Waals surface area contributed by atoms with E-state index < -0.39 is 525 Å². The van der Waals surface area contributed by atoms with E-state index in [1.54, 1.807) is 0 Å². The fraction of sp³-hybridized carbons (Fsp3) is 0.429. The molecule has 12 rings (SSSR count). The molecule has 12 N–H and O–H groups in total. The summed E-state index contributed by atoms with van der Waals surface area (Å²) in [6.45, 7) is -44.5. The third kappa shape index (κ3) is 31.9. The predicted molar refractivity (Wildman–Crippen MR) is 493 cm³/mol. The first-order chi connectivity index (χ1) is 93.7. The number of sulfonamides is 6. The Hall–Kier alpha value is -8.22. The maximum Gasteiger partial charge on any atom is 0.215 e. The molecular formula is C84H126N18O12S6. The number of likely N-dealkylation sites (N-methyl/N-ethyl adjacent to an activating group) is 6. The number of nitrogens with zero attached hydrogens (tertiary/aromatic N) is 6. The van der Waals surface area contributed by atoms with E-state index in [2.05, 4.69) is 0 Å². The second-order valence-electron chi connectivity index (χ2n) is 22.4. The molecule has 30 nitrogen and oxygen atoms in total. The number of fused-ring (bicyclic) bond motifs is 6. The number of nitrogens with one attached hydrogen (secondary N) is 12. The molecule has 0 aliphatic rings. The van der Waals surface area contributed by atoms with Crippen molar-refractivity contribution >= 4 is 126 Å². The molecule has 6 aromatic carbocycles. The van der Waals surface area contributed by atoms with E-state index in [-0.39, 0.29) is 55.4 Å². The van der Waals surface area contributed by atoms with Crippen LogP contribution in [0.5, 0.6) is 0 Å². The lowest BCUT2D eigenvalue weighted by molar-refractivity contribution is 0.414. The number of aryl methyl sites for hydroxylation is 3. The summed E-state index contributed by atoms with van der Waals surface area (Å²) < 4.78 is 882. The lowest BCUT2D eigenvalue weighted by Crippen LogP contribution is -2.20. The van der Waals surface area contributed by atoms with Crippen molar-refractivity contribution in [2.45, 2.75) is 72.5 Å². The number of aromatic amines is 6. The zero-order valence-corrected chi connectivity index (χ0v) is 67.4. The molecule has 0 spiro atoms. The van der Waals surface area contributed by atoms with E-state index in [0.29, 0.717) is 31.0 Å². The molecule has 120 heavy (non-hydrogen) atoms. The van der Waals surface area contributed by atoms with Gasteiger partial charge in [-0.25, -0.2) is 78.8 Å². The zero-order chi connectivity index (χ0) is 169. The van der Waals surface area contributed by atoms with Crippen molar-refractivity contribution < 1.29 is 178 Å². The highest BCUT2D eigenvalue weighted by Gasteiger charge is 2.19. The fourth-order valence-electron chi connectivity index (χ4n) is 7.95. The Balaban J connectivity index is 0.000000338. The van der Waals surface area contributed by atoms with Gasteiger partial charge in [0, 0.05) is 220 Å². The predicted octanol–water partition coefficient (Wildman–Crippen LogP) is 7.93. The molecule has 6 heterocycles. The average Bonchev–Trinajstić information content (AvgIpc) is 1.56. The molecule has 0 aliphatic carbocycles. The quantitative estimate of drug-likeness (QED) is 0.0177. The molecule has 660 valence electrons. The summed E-state index contributed by atoms with van der Waals surface area (Å²) in [5.41, 5.74) is -41.4. The van der Waals surface area contributed by atoms with Crippen molar-refractivity contribution in [3.8, 4) is 0 Å². The van der Waals surface area contributed by atoms with Gasteiger partial charge in [0.25, 0.3) is 0 Å². The minimum atomic E-state index is -5.89. The first kappa shape index (κ1) is 30.9. The van der Waals surface area contributed by atoms with Crippen LogP contribution in [0.25, 0.3) is 65.4 Å². The molecule has 12 aromatic rings. The van der Waals surface area contributed by atoms with E-state index in [0.717, 1.165) is 19.0 Å². The number of aromatic nitrogens is 6. The Kier molecular flexibility index (Phi) is 11.6. The summed E-state index contributed by atoms with van der Waals surface area (Å²) in [5.74, 6) is 0. The highest BCUT2D eigenvalue weighted by atomic mass is 32.2. The summed E-state index contributed by atoms with van der Waals surface area (Å²) >= 11 is 0. The monoisotopic (exact) mass is 1860 g/mol. The van der Waals surface area contributed by atoms with Crippen molar-refractivity contribution in [3.63, 3.8) is 0 Å². The molecule has 0 fully saturated rings. The maximum atomic E-state index is 12.8. The maximum absolute atomic E-state index is 12.8. The Morgan fingerprint density at radius 3 is 0.717 bits per heavy atom. The molecule has 36 heteroatoms. The second-order valence-corrected chi connectivity index (χ2v) is 31.0. The van der Waals surface area contributed by atoms with Crippen molar-refractivity contribution in [2.75, 3.05) is 165 Å². The Morgan fingerprint density at radius 1 is 0.292 bits per heavy atom. The van der Waals surface area contributed by atoms with Gasteiger partial charge >= 0.3 is 0 Å². The SMILES string of the molecule is [2H]c1c(C([2H])([2H])S(=O)(=O)N([2H])C([2H])([2H])[2H])c([2H])c2c(C([2H])([2H])CN(C([2H])([2H])[2H])C([2H])([2H])[2H])c([2H])n([2H])c2c1[2H].[2H]c1c(C([2H])([2H])S(=O)(=O)N([2H])C([2H])([2H])[2H])c([2H])c2c(C([2H])([2H])CN(C)C([2H])([2H])[2H])c([2H])n([2H])c2c1[2H].[2H]c1c(C([2H])([2H])S(=O)(=O)N([2H])C([2H])([2H])[2H])c([2H])c2c(C([2H])([2H])CN(C)C)c([2H])n([2H])c2c1[2H].[2H]c1c(C([2H])([2H])S(=O)(=O)N([2H])C)c([2H])c2c(C([2H])([2H])C([2H])([2H])N(C([2H])([2H])[2H])C([2H])([2H])[2H])c([2H])n([2H])c2c1[2H].[2H]c1c(C([2H])([2H])S(=O)(=O)N([2H])C)c([2H])c2c(C([2H])([2H])C([2H])([2H])N(C)C([2H])([2H])[2H])c([2H])n([2H])c2c1[2H].[2H]c1c(C([2H])([2H])S(=O)(=O)N([2H])C)c([2H])c2c(C([2H])([2H])C([2H])([2H])N(C)C)c([2H])n([2H])c2c1[2H]. The van der Waals surface area contributed by atoms with Gasteiger partial charge in [-0.2, -0.15) is 0 Å². The Labute approximate surface area is 842 Å². The molecule has 0 unspecified atom stereocenters. The van der Waals surface area contributed by atoms with Crippen molar-refractivity contribution in [2.24, 2.45) is 0 Å². The van der Waals surface area contributed by atoms with Crippen LogP contribution in [0, 0.1) is 0 Å². The molecule has 0 saturated carbocycles. The Bertz CT molecular complexity index is 10800. The minimum Gasteiger partial charge on any atom is -0.361 e.